The highest BCUT2D eigenvalue weighted by atomic mass is 19.4. The van der Waals surface area contributed by atoms with E-state index in [1.54, 1.807) is 17.1 Å². The van der Waals surface area contributed by atoms with Crippen molar-refractivity contribution in [2.24, 2.45) is 0 Å². The molecule has 1 aromatic rings. The number of alkyl halides is 3. The van der Waals surface area contributed by atoms with Crippen LogP contribution >= 0.6 is 0 Å². The fourth-order valence-electron chi connectivity index (χ4n) is 3.17. The first kappa shape index (κ1) is 17.3. The molecule has 1 amide bonds. The molecule has 0 aromatic heterocycles. The number of carbonyl (C=O) groups excluding carboxylic acids is 1. The standard InChI is InChI=1S/C19H18F3NO2/c20-19(21,22)16-9-7-14(8-10-16)13-3-5-15(6-4-13)18(25)23-11-1-2-17(23)12-24/h3,5,7-10,12,24H,1-2,4,6,11H2/b17-12+. The molecule has 0 saturated carbocycles. The van der Waals surface area contributed by atoms with Crippen LogP contribution in [0.25, 0.3) is 5.57 Å². The summed E-state index contributed by atoms with van der Waals surface area (Å²) in [6.45, 7) is 0.595. The Morgan fingerprint density at radius 2 is 1.80 bits per heavy atom. The number of amides is 1. The minimum atomic E-state index is -4.34. The first-order valence-corrected chi connectivity index (χ1v) is 8.12. The van der Waals surface area contributed by atoms with Gasteiger partial charge in [0.25, 0.3) is 5.91 Å². The summed E-state index contributed by atoms with van der Waals surface area (Å²) in [5, 5.41) is 9.19. The first-order chi connectivity index (χ1) is 11.9. The molecular formula is C19H18F3NO2. The molecule has 1 aliphatic carbocycles. The van der Waals surface area contributed by atoms with Gasteiger partial charge in [-0.3, -0.25) is 4.79 Å². The molecule has 25 heavy (non-hydrogen) atoms. The number of aliphatic hydroxyl groups is 1. The Kier molecular flexibility index (Phi) is 4.70. The lowest BCUT2D eigenvalue weighted by Gasteiger charge is -2.21. The van der Waals surface area contributed by atoms with Crippen LogP contribution in [0, 0.1) is 0 Å². The van der Waals surface area contributed by atoms with Crippen molar-refractivity contribution in [2.45, 2.75) is 31.9 Å². The fraction of sp³-hybridized carbons (Fsp3) is 0.316. The number of allylic oxidation sites excluding steroid dienone is 4. The molecular weight excluding hydrogens is 331 g/mol. The normalized spacial score (nSPS) is 19.8. The summed E-state index contributed by atoms with van der Waals surface area (Å²) in [5.41, 5.74) is 2.24. The van der Waals surface area contributed by atoms with E-state index in [0.29, 0.717) is 37.1 Å². The third-order valence-corrected chi connectivity index (χ3v) is 4.56. The van der Waals surface area contributed by atoms with Crippen molar-refractivity contribution < 1.29 is 23.1 Å². The van der Waals surface area contributed by atoms with Crippen molar-refractivity contribution in [3.8, 4) is 0 Å². The van der Waals surface area contributed by atoms with Gasteiger partial charge < -0.3 is 10.0 Å². The van der Waals surface area contributed by atoms with Crippen LogP contribution in [0.4, 0.5) is 13.2 Å². The van der Waals surface area contributed by atoms with E-state index in [2.05, 4.69) is 0 Å². The minimum Gasteiger partial charge on any atom is -0.514 e. The monoisotopic (exact) mass is 349 g/mol. The Balaban J connectivity index is 1.76. The molecule has 1 N–H and O–H groups in total. The van der Waals surface area contributed by atoms with E-state index in [-0.39, 0.29) is 5.91 Å². The van der Waals surface area contributed by atoms with Crippen molar-refractivity contribution in [3.05, 3.63) is 65.1 Å². The molecule has 0 radical (unpaired) electrons. The summed E-state index contributed by atoms with van der Waals surface area (Å²) in [7, 11) is 0. The van der Waals surface area contributed by atoms with Crippen LogP contribution in [0.2, 0.25) is 0 Å². The van der Waals surface area contributed by atoms with Gasteiger partial charge >= 0.3 is 6.18 Å². The van der Waals surface area contributed by atoms with E-state index in [0.717, 1.165) is 36.0 Å². The van der Waals surface area contributed by atoms with Crippen LogP contribution in [0.1, 0.15) is 36.8 Å². The van der Waals surface area contributed by atoms with Gasteiger partial charge in [0.05, 0.1) is 17.5 Å². The highest BCUT2D eigenvalue weighted by Gasteiger charge is 2.30. The Morgan fingerprint density at radius 3 is 2.36 bits per heavy atom. The van der Waals surface area contributed by atoms with Gasteiger partial charge in [0.1, 0.15) is 0 Å². The van der Waals surface area contributed by atoms with Gasteiger partial charge in [-0.15, -0.1) is 0 Å². The molecule has 132 valence electrons. The Morgan fingerprint density at radius 1 is 1.08 bits per heavy atom. The highest BCUT2D eigenvalue weighted by Crippen LogP contribution is 2.33. The van der Waals surface area contributed by atoms with Crippen LogP contribution < -0.4 is 0 Å². The maximum atomic E-state index is 12.6. The lowest BCUT2D eigenvalue weighted by atomic mass is 9.92. The molecule has 0 unspecified atom stereocenters. The molecule has 2 aliphatic rings. The number of aliphatic hydroxyl groups excluding tert-OH is 1. The summed E-state index contributed by atoms with van der Waals surface area (Å²) >= 11 is 0. The molecule has 0 spiro atoms. The summed E-state index contributed by atoms with van der Waals surface area (Å²) in [6.07, 6.45) is 2.80. The van der Waals surface area contributed by atoms with Gasteiger partial charge in [-0.05, 0) is 49.0 Å². The summed E-state index contributed by atoms with van der Waals surface area (Å²) in [6, 6.07) is 5.07. The van der Waals surface area contributed by atoms with Gasteiger partial charge in [-0.2, -0.15) is 13.2 Å². The van der Waals surface area contributed by atoms with Gasteiger partial charge in [0, 0.05) is 12.1 Å². The number of carbonyl (C=O) groups is 1. The number of hydrogen-bond donors (Lipinski definition) is 1. The summed E-state index contributed by atoms with van der Waals surface area (Å²) < 4.78 is 37.9. The predicted molar refractivity (Wildman–Crippen MR) is 88.4 cm³/mol. The average molecular weight is 349 g/mol. The maximum Gasteiger partial charge on any atom is 0.416 e. The van der Waals surface area contributed by atoms with E-state index in [9.17, 15) is 23.1 Å². The summed E-state index contributed by atoms with van der Waals surface area (Å²) in [4.78, 5) is 14.1. The highest BCUT2D eigenvalue weighted by molar-refractivity contribution is 5.96. The Labute approximate surface area is 143 Å². The van der Waals surface area contributed by atoms with E-state index < -0.39 is 11.7 Å². The molecule has 0 bridgehead atoms. The van der Waals surface area contributed by atoms with Crippen molar-refractivity contribution in [1.29, 1.82) is 0 Å². The van der Waals surface area contributed by atoms with E-state index in [1.807, 2.05) is 0 Å². The summed E-state index contributed by atoms with van der Waals surface area (Å²) in [5.74, 6) is -0.111. The lowest BCUT2D eigenvalue weighted by molar-refractivity contribution is -0.137. The number of likely N-dealkylation sites (tertiary alicyclic amines) is 1. The SMILES string of the molecule is O=C(C1=CC=C(c2ccc(C(F)(F)F)cc2)CC1)N1CCC/C1=C\O. The number of halogens is 3. The second-order valence-corrected chi connectivity index (χ2v) is 6.14. The van der Waals surface area contributed by atoms with Crippen LogP contribution in [-0.4, -0.2) is 22.5 Å². The van der Waals surface area contributed by atoms with E-state index in [1.165, 1.54) is 12.1 Å². The van der Waals surface area contributed by atoms with Gasteiger partial charge in [-0.1, -0.05) is 24.3 Å². The topological polar surface area (TPSA) is 40.5 Å². The zero-order valence-corrected chi connectivity index (χ0v) is 13.5. The van der Waals surface area contributed by atoms with Crippen molar-refractivity contribution in [3.63, 3.8) is 0 Å². The second-order valence-electron chi connectivity index (χ2n) is 6.14. The van der Waals surface area contributed by atoms with Gasteiger partial charge in [-0.25, -0.2) is 0 Å². The van der Waals surface area contributed by atoms with Crippen LogP contribution in [0.3, 0.4) is 0 Å². The third-order valence-electron chi connectivity index (χ3n) is 4.56. The molecule has 3 rings (SSSR count). The molecule has 1 saturated heterocycles. The zero-order valence-electron chi connectivity index (χ0n) is 13.5. The number of benzene rings is 1. The molecule has 6 heteroatoms. The molecule has 1 heterocycles. The van der Waals surface area contributed by atoms with Crippen molar-refractivity contribution in [2.75, 3.05) is 6.54 Å². The van der Waals surface area contributed by atoms with Crippen LogP contribution in [0.15, 0.2) is 53.9 Å². The average Bonchev–Trinajstić information content (AvgIpc) is 3.09. The van der Waals surface area contributed by atoms with Crippen molar-refractivity contribution in [1.82, 2.24) is 4.90 Å². The smallest absolute Gasteiger partial charge is 0.416 e. The predicted octanol–water partition coefficient (Wildman–Crippen LogP) is 4.83. The van der Waals surface area contributed by atoms with Crippen LogP contribution in [0.5, 0.6) is 0 Å². The fourth-order valence-corrected chi connectivity index (χ4v) is 3.17. The minimum absolute atomic E-state index is 0.111. The number of rotatable bonds is 2. The molecule has 3 nitrogen and oxygen atoms in total. The van der Waals surface area contributed by atoms with Gasteiger partial charge in [0.2, 0.25) is 0 Å². The largest absolute Gasteiger partial charge is 0.514 e. The van der Waals surface area contributed by atoms with E-state index in [4.69, 9.17) is 0 Å². The molecule has 1 aromatic carbocycles. The third kappa shape index (κ3) is 3.62. The maximum absolute atomic E-state index is 12.6. The number of nitrogens with zero attached hydrogens (tertiary/aromatic N) is 1. The lowest BCUT2D eigenvalue weighted by Crippen LogP contribution is -2.28. The molecule has 0 atom stereocenters. The van der Waals surface area contributed by atoms with Crippen molar-refractivity contribution >= 4 is 11.5 Å². The molecule has 1 aliphatic heterocycles. The molecule has 1 fully saturated rings. The quantitative estimate of drug-likeness (QED) is 0.777. The number of hydrogen-bond acceptors (Lipinski definition) is 2. The van der Waals surface area contributed by atoms with E-state index >= 15 is 0 Å². The van der Waals surface area contributed by atoms with Crippen LogP contribution in [-0.2, 0) is 11.0 Å². The second kappa shape index (κ2) is 6.78. The Hall–Kier alpha value is -2.50. The Bertz CT molecular complexity index is 758. The first-order valence-electron chi connectivity index (χ1n) is 8.12. The van der Waals surface area contributed by atoms with Gasteiger partial charge in [0.15, 0.2) is 0 Å². The zero-order chi connectivity index (χ0) is 18.0.